The third-order valence-corrected chi connectivity index (χ3v) is 4.54. The van der Waals surface area contributed by atoms with Gasteiger partial charge in [-0.1, -0.05) is 36.3 Å². The highest BCUT2D eigenvalue weighted by Gasteiger charge is 2.35. The van der Waals surface area contributed by atoms with E-state index in [2.05, 4.69) is 16.6 Å². The van der Waals surface area contributed by atoms with Crippen LogP contribution in [0.1, 0.15) is 31.4 Å². The highest BCUT2D eigenvalue weighted by atomic mass is 16.5. The highest BCUT2D eigenvalue weighted by Crippen LogP contribution is 2.21. The first-order chi connectivity index (χ1) is 11.6. The van der Waals surface area contributed by atoms with Crippen LogP contribution in [0, 0.1) is 18.3 Å². The summed E-state index contributed by atoms with van der Waals surface area (Å²) in [6.07, 6.45) is 6.42. The maximum absolute atomic E-state index is 12.6. The molecule has 1 saturated heterocycles. The second-order valence-electron chi connectivity index (χ2n) is 6.20. The summed E-state index contributed by atoms with van der Waals surface area (Å²) < 4.78 is 5.51. The Bertz CT molecular complexity index is 564. The molecule has 24 heavy (non-hydrogen) atoms. The topological polar surface area (TPSA) is 70.6 Å². The summed E-state index contributed by atoms with van der Waals surface area (Å²) in [5.74, 6) is 1.57. The summed E-state index contributed by atoms with van der Waals surface area (Å²) >= 11 is 0. The number of ether oxygens (including phenoxy) is 1. The van der Waals surface area contributed by atoms with Crippen molar-refractivity contribution in [3.05, 3.63) is 35.9 Å². The predicted octanol–water partition coefficient (Wildman–Crippen LogP) is 1.24. The summed E-state index contributed by atoms with van der Waals surface area (Å²) in [4.78, 5) is 12.6. The Kier molecular flexibility index (Phi) is 6.80. The van der Waals surface area contributed by atoms with Crippen LogP contribution in [0.4, 0.5) is 0 Å². The van der Waals surface area contributed by atoms with Crippen LogP contribution in [0.2, 0.25) is 0 Å². The molecular formula is C19H26N2O3. The van der Waals surface area contributed by atoms with Crippen molar-refractivity contribution in [3.63, 3.8) is 0 Å². The Hall–Kier alpha value is -1.87. The molecule has 0 radical (unpaired) electrons. The number of methoxy groups -OCH3 is 1. The number of carbonyl (C=O) groups excluding carboxylic acids is 1. The fraction of sp³-hybridized carbons (Fsp3) is 0.526. The van der Waals surface area contributed by atoms with Crippen LogP contribution < -0.4 is 10.6 Å². The van der Waals surface area contributed by atoms with Crippen molar-refractivity contribution in [1.29, 1.82) is 0 Å². The van der Waals surface area contributed by atoms with Gasteiger partial charge < -0.3 is 20.5 Å². The summed E-state index contributed by atoms with van der Waals surface area (Å²) in [5.41, 5.74) is 0.753. The van der Waals surface area contributed by atoms with Crippen LogP contribution in [-0.2, 0) is 9.53 Å². The summed E-state index contributed by atoms with van der Waals surface area (Å²) in [7, 11) is 1.57. The van der Waals surface area contributed by atoms with Crippen molar-refractivity contribution in [2.45, 2.75) is 44.1 Å². The number of terminal acetylenes is 1. The zero-order valence-electron chi connectivity index (χ0n) is 14.2. The minimum atomic E-state index is -0.792. The molecule has 0 bridgehead atoms. The van der Waals surface area contributed by atoms with E-state index in [1.807, 2.05) is 30.3 Å². The molecule has 1 aromatic rings. The standard InChI is InChI=1S/C19H26N2O3/c1-4-15(18(24-3)16-11-8-12-20-16)19(23)21-13(2)17(22)14-9-6-5-7-10-14/h1,5-7,9-10,13,15-18,20,22H,8,11-12H2,2-3H3,(H,21,23)/t13-,15-,16+,17-,18-/m1/s1. The number of nitrogens with one attached hydrogen (secondary N) is 2. The molecule has 0 saturated carbocycles. The van der Waals surface area contributed by atoms with Crippen LogP contribution in [0.25, 0.3) is 0 Å². The molecule has 0 aliphatic carbocycles. The van der Waals surface area contributed by atoms with Gasteiger partial charge in [-0.2, -0.15) is 0 Å². The van der Waals surface area contributed by atoms with Crippen LogP contribution in [0.15, 0.2) is 30.3 Å². The normalized spacial score (nSPS) is 22.2. The molecule has 1 aliphatic heterocycles. The number of carbonyl (C=O) groups is 1. The van der Waals surface area contributed by atoms with Gasteiger partial charge in [0.25, 0.3) is 0 Å². The number of hydrogen-bond donors (Lipinski definition) is 3. The smallest absolute Gasteiger partial charge is 0.238 e. The van der Waals surface area contributed by atoms with Crippen molar-refractivity contribution in [1.82, 2.24) is 10.6 Å². The van der Waals surface area contributed by atoms with Crippen LogP contribution in [0.5, 0.6) is 0 Å². The van der Waals surface area contributed by atoms with E-state index >= 15 is 0 Å². The third kappa shape index (κ3) is 4.35. The second kappa shape index (κ2) is 8.84. The van der Waals surface area contributed by atoms with Crippen molar-refractivity contribution < 1.29 is 14.6 Å². The first-order valence-electron chi connectivity index (χ1n) is 8.34. The first kappa shape index (κ1) is 18.5. The van der Waals surface area contributed by atoms with E-state index < -0.39 is 18.1 Å². The molecule has 3 N–H and O–H groups in total. The molecule has 5 nitrogen and oxygen atoms in total. The molecule has 130 valence electrons. The fourth-order valence-corrected chi connectivity index (χ4v) is 3.18. The molecule has 0 spiro atoms. The number of aliphatic hydroxyl groups is 1. The summed E-state index contributed by atoms with van der Waals surface area (Å²) in [6, 6.07) is 8.86. The lowest BCUT2D eigenvalue weighted by Gasteiger charge is -2.29. The van der Waals surface area contributed by atoms with E-state index in [4.69, 9.17) is 11.2 Å². The molecule has 2 rings (SSSR count). The van der Waals surface area contributed by atoms with Gasteiger partial charge >= 0.3 is 0 Å². The lowest BCUT2D eigenvalue weighted by atomic mass is 9.93. The Morgan fingerprint density at radius 3 is 2.71 bits per heavy atom. The predicted molar refractivity (Wildman–Crippen MR) is 93.2 cm³/mol. The van der Waals surface area contributed by atoms with Gasteiger partial charge in [-0.15, -0.1) is 6.42 Å². The van der Waals surface area contributed by atoms with Crippen LogP contribution in [-0.4, -0.2) is 42.9 Å². The van der Waals surface area contributed by atoms with E-state index in [0.717, 1.165) is 24.9 Å². The zero-order chi connectivity index (χ0) is 17.5. The maximum Gasteiger partial charge on any atom is 0.238 e. The number of rotatable bonds is 7. The van der Waals surface area contributed by atoms with Gasteiger partial charge in [-0.25, -0.2) is 0 Å². The molecule has 1 fully saturated rings. The van der Waals surface area contributed by atoms with Crippen LogP contribution >= 0.6 is 0 Å². The van der Waals surface area contributed by atoms with E-state index in [1.165, 1.54) is 0 Å². The Balaban J connectivity index is 2.01. The van der Waals surface area contributed by atoms with Gasteiger partial charge in [0, 0.05) is 13.2 Å². The number of hydrogen-bond acceptors (Lipinski definition) is 4. The Morgan fingerprint density at radius 2 is 2.17 bits per heavy atom. The first-order valence-corrected chi connectivity index (χ1v) is 8.34. The van der Waals surface area contributed by atoms with Gasteiger partial charge in [0.05, 0.1) is 18.2 Å². The minimum absolute atomic E-state index is 0.0798. The van der Waals surface area contributed by atoms with Crippen molar-refractivity contribution in [3.8, 4) is 12.3 Å². The van der Waals surface area contributed by atoms with Gasteiger partial charge in [-0.3, -0.25) is 4.79 Å². The van der Waals surface area contributed by atoms with E-state index in [0.29, 0.717) is 0 Å². The second-order valence-corrected chi connectivity index (χ2v) is 6.20. The molecule has 5 atom stereocenters. The number of benzene rings is 1. The van der Waals surface area contributed by atoms with Crippen molar-refractivity contribution in [2.24, 2.45) is 5.92 Å². The lowest BCUT2D eigenvalue weighted by molar-refractivity contribution is -0.129. The summed E-state index contributed by atoms with van der Waals surface area (Å²) in [6.45, 7) is 2.67. The van der Waals surface area contributed by atoms with Gasteiger partial charge in [0.1, 0.15) is 5.92 Å². The lowest BCUT2D eigenvalue weighted by Crippen LogP contribution is -2.49. The number of amides is 1. The molecule has 1 amide bonds. The summed E-state index contributed by atoms with van der Waals surface area (Å²) in [5, 5.41) is 16.5. The number of aliphatic hydroxyl groups excluding tert-OH is 1. The average Bonchev–Trinajstić information content (AvgIpc) is 3.13. The van der Waals surface area contributed by atoms with Gasteiger partial charge in [0.15, 0.2) is 0 Å². The molecule has 1 aromatic carbocycles. The molecule has 0 aromatic heterocycles. The maximum atomic E-state index is 12.6. The fourth-order valence-electron chi connectivity index (χ4n) is 3.18. The van der Waals surface area contributed by atoms with E-state index in [-0.39, 0.29) is 18.1 Å². The Labute approximate surface area is 143 Å². The molecule has 0 unspecified atom stereocenters. The average molecular weight is 330 g/mol. The quantitative estimate of drug-likeness (QED) is 0.658. The monoisotopic (exact) mass is 330 g/mol. The SMILES string of the molecule is C#C[C@@H](C(=O)N[C@H](C)[C@@H](O)c1ccccc1)[C@@H](OC)[C@@H]1CCCN1. The van der Waals surface area contributed by atoms with E-state index in [1.54, 1.807) is 14.0 Å². The molecule has 1 heterocycles. The minimum Gasteiger partial charge on any atom is -0.386 e. The largest absolute Gasteiger partial charge is 0.386 e. The van der Waals surface area contributed by atoms with E-state index in [9.17, 15) is 9.90 Å². The zero-order valence-corrected chi connectivity index (χ0v) is 14.2. The Morgan fingerprint density at radius 1 is 1.46 bits per heavy atom. The van der Waals surface area contributed by atoms with Crippen LogP contribution in [0.3, 0.4) is 0 Å². The molecular weight excluding hydrogens is 304 g/mol. The molecule has 1 aliphatic rings. The molecule has 5 heteroatoms. The third-order valence-electron chi connectivity index (χ3n) is 4.54. The van der Waals surface area contributed by atoms with Gasteiger partial charge in [0.2, 0.25) is 5.91 Å². The van der Waals surface area contributed by atoms with Crippen molar-refractivity contribution >= 4 is 5.91 Å². The van der Waals surface area contributed by atoms with Crippen molar-refractivity contribution in [2.75, 3.05) is 13.7 Å². The van der Waals surface area contributed by atoms with Gasteiger partial charge in [-0.05, 0) is 31.9 Å². The highest BCUT2D eigenvalue weighted by molar-refractivity contribution is 5.82.